The van der Waals surface area contributed by atoms with Crippen LogP contribution >= 0.6 is 0 Å². The molecule has 22 heavy (non-hydrogen) atoms. The molecule has 0 saturated heterocycles. The maximum Gasteiger partial charge on any atom is 0.0637 e. The molecule has 0 heterocycles. The van der Waals surface area contributed by atoms with E-state index in [4.69, 9.17) is 4.74 Å². The van der Waals surface area contributed by atoms with Gasteiger partial charge in [0.2, 0.25) is 0 Å². The fourth-order valence-electron chi connectivity index (χ4n) is 4.81. The first kappa shape index (κ1) is 18.3. The highest BCUT2D eigenvalue weighted by atomic mass is 16.5. The van der Waals surface area contributed by atoms with Crippen molar-refractivity contribution in [1.29, 1.82) is 0 Å². The Labute approximate surface area is 139 Å². The molecule has 0 N–H and O–H groups in total. The van der Waals surface area contributed by atoms with Gasteiger partial charge in [-0.3, -0.25) is 0 Å². The zero-order chi connectivity index (χ0) is 16.2. The van der Waals surface area contributed by atoms with E-state index in [-0.39, 0.29) is 0 Å². The minimum absolute atomic E-state index is 0.412. The lowest BCUT2D eigenvalue weighted by Crippen LogP contribution is -2.39. The van der Waals surface area contributed by atoms with Gasteiger partial charge in [0.25, 0.3) is 0 Å². The minimum atomic E-state index is 0.412. The fraction of sp³-hybridized carbons (Fsp3) is 1.00. The maximum absolute atomic E-state index is 6.42. The van der Waals surface area contributed by atoms with Crippen LogP contribution in [0.4, 0.5) is 0 Å². The quantitative estimate of drug-likeness (QED) is 0.555. The van der Waals surface area contributed by atoms with Gasteiger partial charge in [-0.05, 0) is 61.9 Å². The van der Waals surface area contributed by atoms with Gasteiger partial charge in [0.15, 0.2) is 0 Å². The molecule has 2 nitrogen and oxygen atoms in total. The van der Waals surface area contributed by atoms with Crippen LogP contribution in [0.3, 0.4) is 0 Å². The second kappa shape index (κ2) is 7.66. The van der Waals surface area contributed by atoms with E-state index in [0.717, 1.165) is 19.1 Å². The molecule has 0 aromatic heterocycles. The van der Waals surface area contributed by atoms with Crippen LogP contribution in [0.15, 0.2) is 0 Å². The van der Waals surface area contributed by atoms with Gasteiger partial charge in [-0.1, -0.05) is 47.5 Å². The number of hydrogen-bond donors (Lipinski definition) is 0. The standard InChI is InChI=1S/C20H39NO/c1-6-8-12-21(13-9-7-2)14-15-22-18-16-17-10-11-20(18,5)19(17,3)4/h17-18H,6-16H2,1-5H3/t17-,18-,20-/m1/s1. The summed E-state index contributed by atoms with van der Waals surface area (Å²) in [6.07, 6.45) is 9.81. The van der Waals surface area contributed by atoms with Crippen molar-refractivity contribution in [3.63, 3.8) is 0 Å². The maximum atomic E-state index is 6.42. The van der Waals surface area contributed by atoms with Crippen LogP contribution in [-0.2, 0) is 4.74 Å². The third-order valence-electron chi connectivity index (χ3n) is 7.10. The Morgan fingerprint density at radius 2 is 1.64 bits per heavy atom. The van der Waals surface area contributed by atoms with Gasteiger partial charge in [-0.25, -0.2) is 0 Å². The molecule has 0 spiro atoms. The van der Waals surface area contributed by atoms with Gasteiger partial charge in [0.1, 0.15) is 0 Å². The van der Waals surface area contributed by atoms with E-state index in [0.29, 0.717) is 16.9 Å². The molecule has 0 aliphatic heterocycles. The van der Waals surface area contributed by atoms with Gasteiger partial charge < -0.3 is 9.64 Å². The summed E-state index contributed by atoms with van der Waals surface area (Å²) >= 11 is 0. The lowest BCUT2D eigenvalue weighted by molar-refractivity contribution is -0.0519. The van der Waals surface area contributed by atoms with E-state index in [9.17, 15) is 0 Å². The van der Waals surface area contributed by atoms with Crippen LogP contribution < -0.4 is 0 Å². The molecule has 2 fully saturated rings. The molecular weight excluding hydrogens is 270 g/mol. The summed E-state index contributed by atoms with van der Waals surface area (Å²) in [6.45, 7) is 16.5. The molecule has 0 aromatic carbocycles. The lowest BCUT2D eigenvalue weighted by Gasteiger charge is -2.39. The predicted molar refractivity (Wildman–Crippen MR) is 95.2 cm³/mol. The number of ether oxygens (including phenoxy) is 1. The lowest BCUT2D eigenvalue weighted by atomic mass is 9.70. The van der Waals surface area contributed by atoms with Gasteiger partial charge >= 0.3 is 0 Å². The first-order valence-corrected chi connectivity index (χ1v) is 9.79. The number of fused-ring (bicyclic) bond motifs is 2. The Morgan fingerprint density at radius 1 is 1.00 bits per heavy atom. The molecule has 3 atom stereocenters. The van der Waals surface area contributed by atoms with E-state index < -0.39 is 0 Å². The van der Waals surface area contributed by atoms with Crippen molar-refractivity contribution in [3.05, 3.63) is 0 Å². The van der Waals surface area contributed by atoms with Gasteiger partial charge in [-0.2, -0.15) is 0 Å². The van der Waals surface area contributed by atoms with Crippen LogP contribution in [0, 0.1) is 16.7 Å². The molecule has 0 radical (unpaired) electrons. The van der Waals surface area contributed by atoms with Crippen molar-refractivity contribution in [2.75, 3.05) is 26.2 Å². The summed E-state index contributed by atoms with van der Waals surface area (Å²) in [5, 5.41) is 0. The van der Waals surface area contributed by atoms with Crippen LogP contribution in [0.5, 0.6) is 0 Å². The van der Waals surface area contributed by atoms with E-state index >= 15 is 0 Å². The van der Waals surface area contributed by atoms with E-state index in [1.54, 1.807) is 0 Å². The average molecular weight is 310 g/mol. The van der Waals surface area contributed by atoms with Crippen molar-refractivity contribution in [1.82, 2.24) is 4.90 Å². The first-order chi connectivity index (χ1) is 10.5. The SMILES string of the molecule is CCCCN(CCCC)CCO[C@@H]1C[C@H]2CC[C@@]1(C)C2(C)C. The summed E-state index contributed by atoms with van der Waals surface area (Å²) in [5.74, 6) is 0.888. The highest BCUT2D eigenvalue weighted by molar-refractivity contribution is 5.11. The second-order valence-electron chi connectivity index (χ2n) is 8.52. The summed E-state index contributed by atoms with van der Waals surface area (Å²) in [6, 6.07) is 0. The zero-order valence-electron chi connectivity index (χ0n) is 15.8. The molecule has 0 amide bonds. The molecule has 130 valence electrons. The zero-order valence-corrected chi connectivity index (χ0v) is 15.8. The highest BCUT2D eigenvalue weighted by Gasteiger charge is 2.61. The van der Waals surface area contributed by atoms with Crippen molar-refractivity contribution in [2.45, 2.75) is 85.7 Å². The number of unbranched alkanes of at least 4 members (excludes halogenated alkanes) is 2. The molecule has 0 aromatic rings. The second-order valence-corrected chi connectivity index (χ2v) is 8.52. The molecule has 0 unspecified atom stereocenters. The first-order valence-electron chi connectivity index (χ1n) is 9.79. The summed E-state index contributed by atoms with van der Waals surface area (Å²) in [5.41, 5.74) is 0.886. The highest BCUT2D eigenvalue weighted by Crippen LogP contribution is 2.66. The molecular formula is C20H39NO. The monoisotopic (exact) mass is 309 g/mol. The topological polar surface area (TPSA) is 12.5 Å². The third kappa shape index (κ3) is 3.53. The Kier molecular flexibility index (Phi) is 6.36. The number of rotatable bonds is 10. The summed E-state index contributed by atoms with van der Waals surface area (Å²) in [4.78, 5) is 2.62. The minimum Gasteiger partial charge on any atom is -0.376 e. The van der Waals surface area contributed by atoms with Gasteiger partial charge in [0.05, 0.1) is 12.7 Å². The largest absolute Gasteiger partial charge is 0.376 e. The van der Waals surface area contributed by atoms with E-state index in [1.165, 1.54) is 58.0 Å². The van der Waals surface area contributed by atoms with Crippen LogP contribution in [-0.4, -0.2) is 37.2 Å². The van der Waals surface area contributed by atoms with Gasteiger partial charge in [-0.15, -0.1) is 0 Å². The molecule has 2 saturated carbocycles. The van der Waals surface area contributed by atoms with Crippen LogP contribution in [0.2, 0.25) is 0 Å². The van der Waals surface area contributed by atoms with Gasteiger partial charge in [0, 0.05) is 6.54 Å². The number of hydrogen-bond acceptors (Lipinski definition) is 2. The van der Waals surface area contributed by atoms with Crippen molar-refractivity contribution < 1.29 is 4.74 Å². The predicted octanol–water partition coefficient (Wildman–Crippen LogP) is 5.12. The Morgan fingerprint density at radius 3 is 2.09 bits per heavy atom. The Bertz CT molecular complexity index is 333. The van der Waals surface area contributed by atoms with Crippen molar-refractivity contribution in [2.24, 2.45) is 16.7 Å². The van der Waals surface area contributed by atoms with Crippen LogP contribution in [0.1, 0.15) is 79.6 Å². The summed E-state index contributed by atoms with van der Waals surface area (Å²) < 4.78 is 6.42. The van der Waals surface area contributed by atoms with Crippen LogP contribution in [0.25, 0.3) is 0 Å². The molecule has 2 aliphatic rings. The average Bonchev–Trinajstić information content (AvgIpc) is 2.82. The summed E-state index contributed by atoms with van der Waals surface area (Å²) in [7, 11) is 0. The molecule has 2 rings (SSSR count). The van der Waals surface area contributed by atoms with Crippen molar-refractivity contribution >= 4 is 0 Å². The fourth-order valence-corrected chi connectivity index (χ4v) is 4.81. The number of nitrogens with zero attached hydrogens (tertiary/aromatic N) is 1. The third-order valence-corrected chi connectivity index (χ3v) is 7.10. The normalized spacial score (nSPS) is 33.0. The van der Waals surface area contributed by atoms with Crippen molar-refractivity contribution in [3.8, 4) is 0 Å². The molecule has 2 heteroatoms. The Hall–Kier alpha value is -0.0800. The Balaban J connectivity index is 1.78. The van der Waals surface area contributed by atoms with E-state index in [1.807, 2.05) is 0 Å². The molecule has 2 bridgehead atoms. The van der Waals surface area contributed by atoms with E-state index in [2.05, 4.69) is 39.5 Å². The smallest absolute Gasteiger partial charge is 0.0637 e. The molecule has 2 aliphatic carbocycles.